The number of phenolic OH excluding ortho intramolecular Hbond substituents is 1. The molecule has 0 amide bonds. The van der Waals surface area contributed by atoms with E-state index in [-0.39, 0.29) is 0 Å². The average Bonchev–Trinajstić information content (AvgIpc) is 2.37. The largest absolute Gasteiger partial charge is 0.506 e. The van der Waals surface area contributed by atoms with Crippen LogP contribution in [-0.2, 0) is 0 Å². The van der Waals surface area contributed by atoms with Crippen LogP contribution in [0.25, 0.3) is 12.2 Å². The molecule has 0 heterocycles. The molecule has 0 saturated heterocycles. The summed E-state index contributed by atoms with van der Waals surface area (Å²) in [4.78, 5) is 1.92. The standard InChI is InChI=1S/C16H17NO/c1-17(2)16-14(9-6-10-15(16)18)12-11-13-7-4-3-5-8-13/h3-12,18H,1-2H3. The van der Waals surface area contributed by atoms with Gasteiger partial charge in [0.2, 0.25) is 0 Å². The lowest BCUT2D eigenvalue weighted by molar-refractivity contribution is 0.475. The number of para-hydroxylation sites is 1. The molecule has 0 aromatic heterocycles. The summed E-state index contributed by atoms with van der Waals surface area (Å²) in [5, 5.41) is 9.88. The minimum atomic E-state index is 0.301. The number of hydrogen-bond acceptors (Lipinski definition) is 2. The Labute approximate surface area is 108 Å². The smallest absolute Gasteiger partial charge is 0.139 e. The van der Waals surface area contributed by atoms with Gasteiger partial charge < -0.3 is 10.0 Å². The van der Waals surface area contributed by atoms with Gasteiger partial charge in [-0.05, 0) is 11.6 Å². The van der Waals surface area contributed by atoms with Gasteiger partial charge in [0, 0.05) is 19.7 Å². The summed E-state index contributed by atoms with van der Waals surface area (Å²) in [5.41, 5.74) is 2.99. The van der Waals surface area contributed by atoms with Crippen LogP contribution in [0.4, 0.5) is 5.69 Å². The molecule has 0 aliphatic heterocycles. The number of nitrogens with zero attached hydrogens (tertiary/aromatic N) is 1. The summed E-state index contributed by atoms with van der Waals surface area (Å²) >= 11 is 0. The molecule has 2 aromatic rings. The molecule has 18 heavy (non-hydrogen) atoms. The van der Waals surface area contributed by atoms with Gasteiger partial charge in [0.1, 0.15) is 5.75 Å². The molecule has 0 bridgehead atoms. The number of rotatable bonds is 3. The third kappa shape index (κ3) is 2.72. The fourth-order valence-corrected chi connectivity index (χ4v) is 1.92. The van der Waals surface area contributed by atoms with Gasteiger partial charge in [-0.2, -0.15) is 0 Å². The van der Waals surface area contributed by atoms with Crippen molar-refractivity contribution in [3.8, 4) is 5.75 Å². The highest BCUT2D eigenvalue weighted by Gasteiger charge is 2.06. The van der Waals surface area contributed by atoms with Gasteiger partial charge in [-0.15, -0.1) is 0 Å². The van der Waals surface area contributed by atoms with E-state index in [1.54, 1.807) is 6.07 Å². The molecule has 0 saturated carbocycles. The fourth-order valence-electron chi connectivity index (χ4n) is 1.92. The van der Waals surface area contributed by atoms with Crippen LogP contribution in [0.3, 0.4) is 0 Å². The van der Waals surface area contributed by atoms with E-state index in [1.807, 2.05) is 61.5 Å². The van der Waals surface area contributed by atoms with Gasteiger partial charge in [-0.3, -0.25) is 0 Å². The first kappa shape index (κ1) is 12.2. The lowest BCUT2D eigenvalue weighted by atomic mass is 10.1. The highest BCUT2D eigenvalue weighted by Crippen LogP contribution is 2.30. The molecule has 0 aliphatic carbocycles. The van der Waals surface area contributed by atoms with E-state index in [0.29, 0.717) is 5.75 Å². The predicted molar refractivity (Wildman–Crippen MR) is 77.8 cm³/mol. The molecule has 2 nitrogen and oxygen atoms in total. The van der Waals surface area contributed by atoms with Gasteiger partial charge in [0.05, 0.1) is 5.69 Å². The van der Waals surface area contributed by atoms with Gasteiger partial charge in [-0.25, -0.2) is 0 Å². The predicted octanol–water partition coefficient (Wildman–Crippen LogP) is 3.63. The van der Waals surface area contributed by atoms with Crippen LogP contribution in [-0.4, -0.2) is 19.2 Å². The second-order valence-corrected chi connectivity index (χ2v) is 4.35. The lowest BCUT2D eigenvalue weighted by Crippen LogP contribution is -2.10. The zero-order valence-electron chi connectivity index (χ0n) is 10.7. The normalized spacial score (nSPS) is 10.8. The summed E-state index contributed by atoms with van der Waals surface area (Å²) in [6, 6.07) is 15.7. The van der Waals surface area contributed by atoms with Crippen molar-refractivity contribution in [2.45, 2.75) is 0 Å². The van der Waals surface area contributed by atoms with Crippen LogP contribution in [0.15, 0.2) is 48.5 Å². The average molecular weight is 239 g/mol. The molecule has 2 rings (SSSR count). The van der Waals surface area contributed by atoms with Gasteiger partial charge in [0.15, 0.2) is 0 Å². The first-order chi connectivity index (χ1) is 8.68. The monoisotopic (exact) mass is 239 g/mol. The van der Waals surface area contributed by atoms with Crippen LogP contribution < -0.4 is 4.90 Å². The molecular formula is C16H17NO. The van der Waals surface area contributed by atoms with Crippen LogP contribution in [0.2, 0.25) is 0 Å². The highest BCUT2D eigenvalue weighted by molar-refractivity contribution is 5.79. The Kier molecular flexibility index (Phi) is 3.68. The minimum Gasteiger partial charge on any atom is -0.506 e. The number of benzene rings is 2. The van der Waals surface area contributed by atoms with Crippen LogP contribution in [0, 0.1) is 0 Å². The molecule has 0 atom stereocenters. The van der Waals surface area contributed by atoms with Crippen molar-refractivity contribution in [1.82, 2.24) is 0 Å². The summed E-state index contributed by atoms with van der Waals surface area (Å²) in [6.45, 7) is 0. The zero-order chi connectivity index (χ0) is 13.0. The zero-order valence-corrected chi connectivity index (χ0v) is 10.7. The van der Waals surface area contributed by atoms with Crippen molar-refractivity contribution in [3.05, 3.63) is 59.7 Å². The third-order valence-electron chi connectivity index (χ3n) is 2.75. The van der Waals surface area contributed by atoms with Crippen molar-refractivity contribution in [3.63, 3.8) is 0 Å². The molecule has 0 aliphatic rings. The molecule has 2 aromatic carbocycles. The summed E-state index contributed by atoms with van der Waals surface area (Å²) < 4.78 is 0. The van der Waals surface area contributed by atoms with E-state index >= 15 is 0 Å². The third-order valence-corrected chi connectivity index (χ3v) is 2.75. The van der Waals surface area contributed by atoms with Crippen molar-refractivity contribution >= 4 is 17.8 Å². The van der Waals surface area contributed by atoms with Crippen LogP contribution >= 0.6 is 0 Å². The van der Waals surface area contributed by atoms with Crippen molar-refractivity contribution in [2.75, 3.05) is 19.0 Å². The SMILES string of the molecule is CN(C)c1c(O)cccc1C=Cc1ccccc1. The summed E-state index contributed by atoms with van der Waals surface area (Å²) in [6.07, 6.45) is 4.06. The second-order valence-electron chi connectivity index (χ2n) is 4.35. The topological polar surface area (TPSA) is 23.5 Å². The maximum absolute atomic E-state index is 9.88. The number of phenols is 1. The second kappa shape index (κ2) is 5.41. The number of hydrogen-bond donors (Lipinski definition) is 1. The Bertz CT molecular complexity index is 544. The van der Waals surface area contributed by atoms with Crippen LogP contribution in [0.1, 0.15) is 11.1 Å². The minimum absolute atomic E-state index is 0.301. The highest BCUT2D eigenvalue weighted by atomic mass is 16.3. The van der Waals surface area contributed by atoms with E-state index in [9.17, 15) is 5.11 Å². The Morgan fingerprint density at radius 2 is 1.61 bits per heavy atom. The van der Waals surface area contributed by atoms with Crippen molar-refractivity contribution in [1.29, 1.82) is 0 Å². The first-order valence-corrected chi connectivity index (χ1v) is 5.91. The quantitative estimate of drug-likeness (QED) is 0.827. The van der Waals surface area contributed by atoms with Gasteiger partial charge >= 0.3 is 0 Å². The summed E-state index contributed by atoms with van der Waals surface area (Å²) in [7, 11) is 3.85. The molecule has 1 N–H and O–H groups in total. The number of anilines is 1. The van der Waals surface area contributed by atoms with Crippen molar-refractivity contribution in [2.24, 2.45) is 0 Å². The van der Waals surface area contributed by atoms with E-state index < -0.39 is 0 Å². The Morgan fingerprint density at radius 1 is 0.889 bits per heavy atom. The fraction of sp³-hybridized carbons (Fsp3) is 0.125. The van der Waals surface area contributed by atoms with E-state index in [2.05, 4.69) is 12.1 Å². The number of aromatic hydroxyl groups is 1. The van der Waals surface area contributed by atoms with E-state index in [0.717, 1.165) is 16.8 Å². The molecule has 92 valence electrons. The summed E-state index contributed by atoms with van der Waals surface area (Å²) in [5.74, 6) is 0.301. The maximum Gasteiger partial charge on any atom is 0.139 e. The Morgan fingerprint density at radius 3 is 2.28 bits per heavy atom. The first-order valence-electron chi connectivity index (χ1n) is 5.91. The molecule has 0 spiro atoms. The van der Waals surface area contributed by atoms with E-state index in [1.165, 1.54) is 0 Å². The van der Waals surface area contributed by atoms with Gasteiger partial charge in [-0.1, -0.05) is 54.6 Å². The molecular weight excluding hydrogens is 222 g/mol. The van der Waals surface area contributed by atoms with Crippen molar-refractivity contribution < 1.29 is 5.11 Å². The molecule has 2 heteroatoms. The maximum atomic E-state index is 9.88. The molecule has 0 radical (unpaired) electrons. The lowest BCUT2D eigenvalue weighted by Gasteiger charge is -2.17. The van der Waals surface area contributed by atoms with E-state index in [4.69, 9.17) is 0 Å². The molecule has 0 fully saturated rings. The van der Waals surface area contributed by atoms with Gasteiger partial charge in [0.25, 0.3) is 0 Å². The Hall–Kier alpha value is -2.22. The van der Waals surface area contributed by atoms with Crippen LogP contribution in [0.5, 0.6) is 5.75 Å². The Balaban J connectivity index is 2.35. The molecule has 0 unspecified atom stereocenters.